The van der Waals surface area contributed by atoms with Crippen molar-refractivity contribution in [3.05, 3.63) is 35.9 Å². The van der Waals surface area contributed by atoms with Gasteiger partial charge in [0.05, 0.1) is 12.6 Å². The van der Waals surface area contributed by atoms with Gasteiger partial charge in [-0.2, -0.15) is 0 Å². The highest BCUT2D eigenvalue weighted by atomic mass is 16.3. The minimum Gasteiger partial charge on any atom is -0.388 e. The number of likely N-dealkylation sites (tertiary alicyclic amines) is 1. The van der Waals surface area contributed by atoms with Crippen molar-refractivity contribution in [1.82, 2.24) is 15.5 Å². The first-order valence-electron chi connectivity index (χ1n) is 7.57. The number of rotatable bonds is 4. The van der Waals surface area contributed by atoms with E-state index in [1.807, 2.05) is 35.2 Å². The molecular weight excluding hydrogens is 282 g/mol. The molecule has 2 rings (SSSR count). The highest BCUT2D eigenvalue weighted by Crippen LogP contribution is 2.30. The topological polar surface area (TPSA) is 81.7 Å². The molecule has 22 heavy (non-hydrogen) atoms. The minimum atomic E-state index is -0.487. The molecule has 1 saturated heterocycles. The molecule has 0 saturated carbocycles. The molecule has 1 fully saturated rings. The first-order valence-corrected chi connectivity index (χ1v) is 7.57. The van der Waals surface area contributed by atoms with Crippen LogP contribution in [0.4, 0.5) is 4.79 Å². The van der Waals surface area contributed by atoms with Crippen molar-refractivity contribution < 1.29 is 14.7 Å². The number of aliphatic hydroxyl groups excluding tert-OH is 1. The third-order valence-corrected chi connectivity index (χ3v) is 4.07. The van der Waals surface area contributed by atoms with Crippen molar-refractivity contribution in [2.24, 2.45) is 5.92 Å². The fourth-order valence-corrected chi connectivity index (χ4v) is 2.78. The molecule has 3 N–H and O–H groups in total. The van der Waals surface area contributed by atoms with Crippen LogP contribution in [0.15, 0.2) is 30.3 Å². The Morgan fingerprint density at radius 1 is 1.27 bits per heavy atom. The summed E-state index contributed by atoms with van der Waals surface area (Å²) in [5.74, 6) is -0.0953. The van der Waals surface area contributed by atoms with E-state index in [-0.39, 0.29) is 18.4 Å². The van der Waals surface area contributed by atoms with Crippen molar-refractivity contribution >= 4 is 11.9 Å². The number of carbonyl (C=O) groups excluding carboxylic acids is 2. The van der Waals surface area contributed by atoms with E-state index in [2.05, 4.69) is 10.6 Å². The Balaban J connectivity index is 1.78. The summed E-state index contributed by atoms with van der Waals surface area (Å²) in [6.07, 6.45) is 1.22. The van der Waals surface area contributed by atoms with Gasteiger partial charge in [0.1, 0.15) is 0 Å². The number of amides is 3. The van der Waals surface area contributed by atoms with Gasteiger partial charge in [-0.25, -0.2) is 4.79 Å². The number of imide groups is 1. The zero-order valence-corrected chi connectivity index (χ0v) is 12.8. The summed E-state index contributed by atoms with van der Waals surface area (Å²) in [5, 5.41) is 15.0. The lowest BCUT2D eigenvalue weighted by molar-refractivity contribution is -0.121. The number of aliphatic hydroxyl groups is 1. The van der Waals surface area contributed by atoms with E-state index in [4.69, 9.17) is 0 Å². The molecule has 0 spiro atoms. The first kappa shape index (κ1) is 16.5. The van der Waals surface area contributed by atoms with Gasteiger partial charge in [0, 0.05) is 7.05 Å². The van der Waals surface area contributed by atoms with Crippen LogP contribution in [-0.2, 0) is 4.79 Å². The average molecular weight is 305 g/mol. The number of nitrogens with zero attached hydrogens (tertiary/aromatic N) is 1. The number of piperidine rings is 1. The van der Waals surface area contributed by atoms with Gasteiger partial charge in [-0.3, -0.25) is 15.0 Å². The molecule has 0 bridgehead atoms. The Hall–Kier alpha value is -1.92. The lowest BCUT2D eigenvalue weighted by Gasteiger charge is -2.33. The van der Waals surface area contributed by atoms with Gasteiger partial charge >= 0.3 is 6.03 Å². The molecule has 1 aromatic rings. The molecular formula is C16H23N3O3. The SMILES string of the molecule is CNC(=O)NC(=O)CN1CCC(C(O)c2ccccc2)CC1. The number of urea groups is 1. The quantitative estimate of drug-likeness (QED) is 0.771. The summed E-state index contributed by atoms with van der Waals surface area (Å²) in [7, 11) is 1.47. The van der Waals surface area contributed by atoms with Crippen molar-refractivity contribution in [3.8, 4) is 0 Å². The lowest BCUT2D eigenvalue weighted by atomic mass is 9.87. The van der Waals surface area contributed by atoms with E-state index in [0.717, 1.165) is 31.5 Å². The van der Waals surface area contributed by atoms with Crippen molar-refractivity contribution in [2.45, 2.75) is 18.9 Å². The van der Waals surface area contributed by atoms with Gasteiger partial charge in [0.25, 0.3) is 0 Å². The molecule has 3 amide bonds. The average Bonchev–Trinajstić information content (AvgIpc) is 2.55. The highest BCUT2D eigenvalue weighted by molar-refractivity contribution is 5.95. The zero-order valence-electron chi connectivity index (χ0n) is 12.8. The predicted molar refractivity (Wildman–Crippen MR) is 83.2 cm³/mol. The van der Waals surface area contributed by atoms with Crippen LogP contribution >= 0.6 is 0 Å². The number of nitrogens with one attached hydrogen (secondary N) is 2. The van der Waals surface area contributed by atoms with Gasteiger partial charge in [-0.05, 0) is 37.4 Å². The van der Waals surface area contributed by atoms with Crippen LogP contribution in [0.3, 0.4) is 0 Å². The number of benzene rings is 1. The molecule has 0 radical (unpaired) electrons. The second-order valence-electron chi connectivity index (χ2n) is 5.60. The molecule has 1 unspecified atom stereocenters. The van der Waals surface area contributed by atoms with Crippen LogP contribution in [0.25, 0.3) is 0 Å². The predicted octanol–water partition coefficient (Wildman–Crippen LogP) is 0.888. The molecule has 1 aliphatic heterocycles. The van der Waals surface area contributed by atoms with Crippen LogP contribution in [0.1, 0.15) is 24.5 Å². The molecule has 0 aliphatic carbocycles. The maximum atomic E-state index is 11.7. The summed E-state index contributed by atoms with van der Waals surface area (Å²) >= 11 is 0. The Morgan fingerprint density at radius 2 is 1.91 bits per heavy atom. The Labute approximate surface area is 130 Å². The first-order chi connectivity index (χ1) is 10.6. The molecule has 0 aromatic heterocycles. The summed E-state index contributed by atoms with van der Waals surface area (Å²) < 4.78 is 0. The third kappa shape index (κ3) is 4.54. The monoisotopic (exact) mass is 305 g/mol. The molecule has 1 atom stereocenters. The normalized spacial score (nSPS) is 17.7. The fraction of sp³-hybridized carbons (Fsp3) is 0.500. The smallest absolute Gasteiger partial charge is 0.321 e. The van der Waals surface area contributed by atoms with E-state index < -0.39 is 12.1 Å². The van der Waals surface area contributed by atoms with Crippen LogP contribution in [0.2, 0.25) is 0 Å². The van der Waals surface area contributed by atoms with Gasteiger partial charge in [-0.1, -0.05) is 30.3 Å². The maximum absolute atomic E-state index is 11.7. The minimum absolute atomic E-state index is 0.209. The molecule has 6 heteroatoms. The van der Waals surface area contributed by atoms with Gasteiger partial charge in [0.15, 0.2) is 0 Å². The maximum Gasteiger partial charge on any atom is 0.321 e. The van der Waals surface area contributed by atoms with Crippen LogP contribution < -0.4 is 10.6 Å². The van der Waals surface area contributed by atoms with E-state index >= 15 is 0 Å². The summed E-state index contributed by atoms with van der Waals surface area (Å²) in [5.41, 5.74) is 0.943. The summed E-state index contributed by atoms with van der Waals surface area (Å²) in [4.78, 5) is 24.7. The van der Waals surface area contributed by atoms with Crippen molar-refractivity contribution in [3.63, 3.8) is 0 Å². The van der Waals surface area contributed by atoms with E-state index in [1.54, 1.807) is 0 Å². The van der Waals surface area contributed by atoms with Crippen LogP contribution in [-0.4, -0.2) is 48.6 Å². The third-order valence-electron chi connectivity index (χ3n) is 4.07. The van der Waals surface area contributed by atoms with E-state index in [9.17, 15) is 14.7 Å². The molecule has 120 valence electrons. The number of hydrogen-bond donors (Lipinski definition) is 3. The summed E-state index contributed by atoms with van der Waals surface area (Å²) in [6, 6.07) is 9.18. The second-order valence-corrected chi connectivity index (χ2v) is 5.60. The van der Waals surface area contributed by atoms with Crippen LogP contribution in [0, 0.1) is 5.92 Å². The number of hydrogen-bond acceptors (Lipinski definition) is 4. The number of carbonyl (C=O) groups is 2. The Morgan fingerprint density at radius 3 is 2.50 bits per heavy atom. The van der Waals surface area contributed by atoms with Crippen molar-refractivity contribution in [1.29, 1.82) is 0 Å². The van der Waals surface area contributed by atoms with Crippen LogP contribution in [0.5, 0.6) is 0 Å². The molecule has 6 nitrogen and oxygen atoms in total. The van der Waals surface area contributed by atoms with Gasteiger partial charge < -0.3 is 10.4 Å². The summed E-state index contributed by atoms with van der Waals surface area (Å²) in [6.45, 7) is 1.70. The van der Waals surface area contributed by atoms with E-state index in [0.29, 0.717) is 0 Å². The van der Waals surface area contributed by atoms with E-state index in [1.165, 1.54) is 7.05 Å². The largest absolute Gasteiger partial charge is 0.388 e. The Bertz CT molecular complexity index is 499. The second kappa shape index (κ2) is 7.91. The molecule has 1 aliphatic rings. The molecule has 1 heterocycles. The zero-order chi connectivity index (χ0) is 15.9. The lowest BCUT2D eigenvalue weighted by Crippen LogP contribution is -2.45. The van der Waals surface area contributed by atoms with Crippen molar-refractivity contribution in [2.75, 3.05) is 26.7 Å². The highest BCUT2D eigenvalue weighted by Gasteiger charge is 2.27. The van der Waals surface area contributed by atoms with Gasteiger partial charge in [-0.15, -0.1) is 0 Å². The Kier molecular flexibility index (Phi) is 5.91. The van der Waals surface area contributed by atoms with Gasteiger partial charge in [0.2, 0.25) is 5.91 Å². The fourth-order valence-electron chi connectivity index (χ4n) is 2.78. The standard InChI is InChI=1S/C16H23N3O3/c1-17-16(22)18-14(20)11-19-9-7-13(8-10-19)15(21)12-5-3-2-4-6-12/h2-6,13,15,21H,7-11H2,1H3,(H2,17,18,20,22). The molecule has 1 aromatic carbocycles.